The van der Waals surface area contributed by atoms with Gasteiger partial charge in [-0.05, 0) is 24.6 Å². The predicted octanol–water partition coefficient (Wildman–Crippen LogP) is 4.82. The van der Waals surface area contributed by atoms with E-state index in [1.165, 1.54) is 0 Å². The third kappa shape index (κ3) is 2.89. The SMILES string of the molecule is Cc1cccc(-c2c(Cl)nc(-c3cccnc3)nc2Cl)c1. The highest BCUT2D eigenvalue weighted by molar-refractivity contribution is 6.37. The second-order valence-corrected chi connectivity index (χ2v) is 5.33. The molecule has 0 radical (unpaired) electrons. The van der Waals surface area contributed by atoms with Gasteiger partial charge in [-0.25, -0.2) is 9.97 Å². The second-order valence-electron chi connectivity index (χ2n) is 4.62. The summed E-state index contributed by atoms with van der Waals surface area (Å²) in [7, 11) is 0. The molecule has 0 amide bonds. The molecule has 0 bridgehead atoms. The van der Waals surface area contributed by atoms with Crippen molar-refractivity contribution in [3.05, 3.63) is 64.7 Å². The number of aryl methyl sites for hydroxylation is 1. The third-order valence-corrected chi connectivity index (χ3v) is 3.59. The molecule has 2 heterocycles. The number of hydrogen-bond donors (Lipinski definition) is 0. The van der Waals surface area contributed by atoms with Crippen LogP contribution < -0.4 is 0 Å². The van der Waals surface area contributed by atoms with Gasteiger partial charge >= 0.3 is 0 Å². The monoisotopic (exact) mass is 315 g/mol. The zero-order chi connectivity index (χ0) is 14.8. The first-order valence-electron chi connectivity index (χ1n) is 6.35. The van der Waals surface area contributed by atoms with E-state index in [2.05, 4.69) is 15.0 Å². The number of pyridine rings is 1. The Labute approximate surface area is 132 Å². The Balaban J connectivity index is 2.13. The minimum atomic E-state index is 0.333. The zero-order valence-electron chi connectivity index (χ0n) is 11.2. The van der Waals surface area contributed by atoms with Crippen LogP contribution in [0, 0.1) is 6.92 Å². The Hall–Kier alpha value is -1.97. The fourth-order valence-corrected chi connectivity index (χ4v) is 2.68. The summed E-state index contributed by atoms with van der Waals surface area (Å²) in [6.07, 6.45) is 3.36. The van der Waals surface area contributed by atoms with Crippen LogP contribution in [0.5, 0.6) is 0 Å². The quantitative estimate of drug-likeness (QED) is 0.636. The lowest BCUT2D eigenvalue weighted by Gasteiger charge is -2.09. The largest absolute Gasteiger partial charge is 0.264 e. The lowest BCUT2D eigenvalue weighted by molar-refractivity contribution is 1.16. The van der Waals surface area contributed by atoms with Crippen molar-refractivity contribution in [2.24, 2.45) is 0 Å². The number of halogens is 2. The number of hydrogen-bond acceptors (Lipinski definition) is 3. The lowest BCUT2D eigenvalue weighted by atomic mass is 10.1. The summed E-state index contributed by atoms with van der Waals surface area (Å²) in [6.45, 7) is 2.01. The maximum absolute atomic E-state index is 6.32. The molecule has 2 aromatic heterocycles. The van der Waals surface area contributed by atoms with Crippen molar-refractivity contribution in [2.45, 2.75) is 6.92 Å². The van der Waals surface area contributed by atoms with Crippen LogP contribution in [-0.4, -0.2) is 15.0 Å². The van der Waals surface area contributed by atoms with Crippen molar-refractivity contribution in [3.8, 4) is 22.5 Å². The number of nitrogens with zero attached hydrogens (tertiary/aromatic N) is 3. The van der Waals surface area contributed by atoms with Crippen LogP contribution in [0.4, 0.5) is 0 Å². The van der Waals surface area contributed by atoms with Crippen LogP contribution in [0.15, 0.2) is 48.8 Å². The molecule has 0 aliphatic heterocycles. The molecule has 0 saturated heterocycles. The van der Waals surface area contributed by atoms with E-state index in [1.54, 1.807) is 12.4 Å². The third-order valence-electron chi connectivity index (χ3n) is 3.05. The van der Waals surface area contributed by atoms with E-state index in [9.17, 15) is 0 Å². The topological polar surface area (TPSA) is 38.7 Å². The lowest BCUT2D eigenvalue weighted by Crippen LogP contribution is -1.95. The Morgan fingerprint density at radius 1 is 0.905 bits per heavy atom. The molecule has 0 N–H and O–H groups in total. The molecule has 0 aliphatic rings. The van der Waals surface area contributed by atoms with Gasteiger partial charge in [-0.15, -0.1) is 0 Å². The first-order chi connectivity index (χ1) is 10.1. The van der Waals surface area contributed by atoms with Gasteiger partial charge in [-0.2, -0.15) is 0 Å². The summed E-state index contributed by atoms with van der Waals surface area (Å²) in [6, 6.07) is 11.6. The molecule has 0 saturated carbocycles. The molecule has 1 aromatic carbocycles. The second kappa shape index (κ2) is 5.80. The molecule has 0 aliphatic carbocycles. The highest BCUT2D eigenvalue weighted by atomic mass is 35.5. The van der Waals surface area contributed by atoms with Crippen LogP contribution >= 0.6 is 23.2 Å². The zero-order valence-corrected chi connectivity index (χ0v) is 12.7. The smallest absolute Gasteiger partial charge is 0.164 e. The van der Waals surface area contributed by atoms with Gasteiger partial charge in [0, 0.05) is 18.0 Å². The van der Waals surface area contributed by atoms with Crippen molar-refractivity contribution in [3.63, 3.8) is 0 Å². The molecule has 3 rings (SSSR count). The number of benzene rings is 1. The molecule has 0 fully saturated rings. The summed E-state index contributed by atoms with van der Waals surface area (Å²) >= 11 is 12.6. The van der Waals surface area contributed by atoms with E-state index in [0.717, 1.165) is 16.7 Å². The number of rotatable bonds is 2. The van der Waals surface area contributed by atoms with E-state index < -0.39 is 0 Å². The predicted molar refractivity (Wildman–Crippen MR) is 85.5 cm³/mol. The minimum absolute atomic E-state index is 0.333. The molecule has 104 valence electrons. The summed E-state index contributed by atoms with van der Waals surface area (Å²) in [5, 5.41) is 0.666. The maximum Gasteiger partial charge on any atom is 0.164 e. The maximum atomic E-state index is 6.32. The summed E-state index contributed by atoms with van der Waals surface area (Å²) in [5.41, 5.74) is 3.45. The summed E-state index contributed by atoms with van der Waals surface area (Å²) in [5.74, 6) is 0.467. The highest BCUT2D eigenvalue weighted by Crippen LogP contribution is 2.34. The average molecular weight is 316 g/mol. The van der Waals surface area contributed by atoms with Crippen molar-refractivity contribution in [2.75, 3.05) is 0 Å². The molecule has 0 unspecified atom stereocenters. The fraction of sp³-hybridized carbons (Fsp3) is 0.0625. The van der Waals surface area contributed by atoms with Gasteiger partial charge in [0.25, 0.3) is 0 Å². The van der Waals surface area contributed by atoms with Gasteiger partial charge in [-0.1, -0.05) is 53.0 Å². The van der Waals surface area contributed by atoms with Crippen LogP contribution in [0.25, 0.3) is 22.5 Å². The van der Waals surface area contributed by atoms with Crippen LogP contribution in [-0.2, 0) is 0 Å². The molecule has 3 aromatic rings. The van der Waals surface area contributed by atoms with E-state index in [-0.39, 0.29) is 0 Å². The van der Waals surface area contributed by atoms with E-state index >= 15 is 0 Å². The van der Waals surface area contributed by atoms with Crippen molar-refractivity contribution in [1.82, 2.24) is 15.0 Å². The Morgan fingerprint density at radius 3 is 2.24 bits per heavy atom. The molecular formula is C16H11Cl2N3. The van der Waals surface area contributed by atoms with Crippen LogP contribution in [0.1, 0.15) is 5.56 Å². The van der Waals surface area contributed by atoms with Gasteiger partial charge in [0.2, 0.25) is 0 Å². The van der Waals surface area contributed by atoms with Crippen LogP contribution in [0.3, 0.4) is 0 Å². The van der Waals surface area contributed by atoms with Gasteiger partial charge in [0.1, 0.15) is 10.3 Å². The van der Waals surface area contributed by atoms with Gasteiger partial charge < -0.3 is 0 Å². The van der Waals surface area contributed by atoms with E-state index in [4.69, 9.17) is 23.2 Å². The normalized spacial score (nSPS) is 10.6. The first kappa shape index (κ1) is 14.0. The molecule has 3 nitrogen and oxygen atoms in total. The van der Waals surface area contributed by atoms with Gasteiger partial charge in [0.15, 0.2) is 5.82 Å². The Kier molecular flexibility index (Phi) is 3.86. The van der Waals surface area contributed by atoms with Crippen molar-refractivity contribution < 1.29 is 0 Å². The summed E-state index contributed by atoms with van der Waals surface area (Å²) in [4.78, 5) is 12.7. The number of aromatic nitrogens is 3. The molecule has 0 spiro atoms. The standard InChI is InChI=1S/C16H11Cl2N3/c1-10-4-2-5-11(8-10)13-14(17)20-16(21-15(13)18)12-6-3-7-19-9-12/h2-9H,1H3. The van der Waals surface area contributed by atoms with Gasteiger partial charge in [0.05, 0.1) is 5.56 Å². The van der Waals surface area contributed by atoms with E-state index in [0.29, 0.717) is 21.7 Å². The van der Waals surface area contributed by atoms with Crippen LogP contribution in [0.2, 0.25) is 10.3 Å². The highest BCUT2D eigenvalue weighted by Gasteiger charge is 2.14. The van der Waals surface area contributed by atoms with Crippen molar-refractivity contribution in [1.29, 1.82) is 0 Å². The fourth-order valence-electron chi connectivity index (χ4n) is 2.07. The molecule has 5 heteroatoms. The molecule has 0 atom stereocenters. The van der Waals surface area contributed by atoms with Gasteiger partial charge in [-0.3, -0.25) is 4.98 Å². The summed E-state index contributed by atoms with van der Waals surface area (Å²) < 4.78 is 0. The average Bonchev–Trinajstić information content (AvgIpc) is 2.47. The Bertz CT molecular complexity index is 766. The van der Waals surface area contributed by atoms with E-state index in [1.807, 2.05) is 43.3 Å². The Morgan fingerprint density at radius 2 is 1.62 bits per heavy atom. The molecular weight excluding hydrogens is 305 g/mol. The molecule has 21 heavy (non-hydrogen) atoms. The minimum Gasteiger partial charge on any atom is -0.264 e. The van der Waals surface area contributed by atoms with Crippen molar-refractivity contribution >= 4 is 23.2 Å². The first-order valence-corrected chi connectivity index (χ1v) is 7.11.